The van der Waals surface area contributed by atoms with Gasteiger partial charge in [0.2, 0.25) is 0 Å². The van der Waals surface area contributed by atoms with Gasteiger partial charge in [-0.2, -0.15) is 0 Å². The Morgan fingerprint density at radius 2 is 2.25 bits per heavy atom. The van der Waals surface area contributed by atoms with Gasteiger partial charge in [0.25, 0.3) is 0 Å². The molecule has 6 heteroatoms. The van der Waals surface area contributed by atoms with Crippen LogP contribution < -0.4 is 9.64 Å². The van der Waals surface area contributed by atoms with Crippen molar-refractivity contribution in [2.75, 3.05) is 25.2 Å². The van der Waals surface area contributed by atoms with Crippen molar-refractivity contribution in [3.63, 3.8) is 0 Å². The molecule has 1 unspecified atom stereocenters. The van der Waals surface area contributed by atoms with Crippen molar-refractivity contribution < 1.29 is 9.47 Å². The number of aromatic nitrogens is 2. The zero-order chi connectivity index (χ0) is 16.9. The Labute approximate surface area is 151 Å². The second-order valence-corrected chi connectivity index (χ2v) is 6.85. The van der Waals surface area contributed by atoms with Crippen LogP contribution in [0, 0.1) is 6.92 Å². The summed E-state index contributed by atoms with van der Waals surface area (Å²) < 4.78 is 12.7. The summed E-state index contributed by atoms with van der Waals surface area (Å²) in [5.74, 6) is 2.54. The van der Waals surface area contributed by atoms with Gasteiger partial charge < -0.3 is 14.4 Å². The highest BCUT2D eigenvalue weighted by Crippen LogP contribution is 2.31. The molecule has 1 atom stereocenters. The molecule has 0 radical (unpaired) electrons. The summed E-state index contributed by atoms with van der Waals surface area (Å²) in [4.78, 5) is 10.7. The van der Waals surface area contributed by atoms with Gasteiger partial charge in [-0.05, 0) is 47.8 Å². The van der Waals surface area contributed by atoms with E-state index in [-0.39, 0.29) is 6.10 Å². The van der Waals surface area contributed by atoms with E-state index in [4.69, 9.17) is 9.47 Å². The average molecular weight is 392 g/mol. The summed E-state index contributed by atoms with van der Waals surface area (Å²) in [5, 5.41) is 0. The lowest BCUT2D eigenvalue weighted by Gasteiger charge is -2.21. The van der Waals surface area contributed by atoms with Gasteiger partial charge in [-0.3, -0.25) is 0 Å². The largest absolute Gasteiger partial charge is 0.489 e. The van der Waals surface area contributed by atoms with E-state index in [0.29, 0.717) is 13.2 Å². The van der Waals surface area contributed by atoms with Crippen LogP contribution in [0.2, 0.25) is 0 Å². The van der Waals surface area contributed by atoms with Gasteiger partial charge >= 0.3 is 0 Å². The molecule has 1 aliphatic rings. The average Bonchev–Trinajstić information content (AvgIpc) is 3.08. The minimum atomic E-state index is 0.201. The van der Waals surface area contributed by atoms with E-state index >= 15 is 0 Å². The van der Waals surface area contributed by atoms with E-state index in [1.165, 1.54) is 0 Å². The highest BCUT2D eigenvalue weighted by atomic mass is 79.9. The van der Waals surface area contributed by atoms with Crippen molar-refractivity contribution >= 4 is 21.7 Å². The van der Waals surface area contributed by atoms with E-state index in [1.54, 1.807) is 6.20 Å². The van der Waals surface area contributed by atoms with Crippen LogP contribution in [0.5, 0.6) is 5.75 Å². The fourth-order valence-corrected chi connectivity index (χ4v) is 3.31. The van der Waals surface area contributed by atoms with Crippen LogP contribution in [0.4, 0.5) is 5.82 Å². The van der Waals surface area contributed by atoms with Crippen molar-refractivity contribution in [2.24, 2.45) is 0 Å². The number of anilines is 1. The number of hydrogen-bond acceptors (Lipinski definition) is 5. The van der Waals surface area contributed by atoms with Gasteiger partial charge in [-0.1, -0.05) is 12.1 Å². The first-order valence-corrected chi connectivity index (χ1v) is 8.95. The summed E-state index contributed by atoms with van der Waals surface area (Å²) in [7, 11) is 2.02. The SMILES string of the molecule is Cc1nccc(N(C)Cc2cccc(Br)c2OCC2CCCO2)n1. The Morgan fingerprint density at radius 1 is 1.38 bits per heavy atom. The lowest BCUT2D eigenvalue weighted by Crippen LogP contribution is -2.20. The normalized spacial score (nSPS) is 17.0. The summed E-state index contributed by atoms with van der Waals surface area (Å²) in [5.41, 5.74) is 1.11. The Bertz CT molecular complexity index is 690. The Kier molecular flexibility index (Phi) is 5.68. The molecule has 2 heterocycles. The summed E-state index contributed by atoms with van der Waals surface area (Å²) in [6.07, 6.45) is 4.17. The molecular weight excluding hydrogens is 370 g/mol. The molecule has 0 amide bonds. The number of aryl methyl sites for hydroxylation is 1. The van der Waals surface area contributed by atoms with Crippen molar-refractivity contribution in [3.05, 3.63) is 46.3 Å². The molecular formula is C18H22BrN3O2. The first kappa shape index (κ1) is 17.2. The van der Waals surface area contributed by atoms with Gasteiger partial charge in [0.05, 0.1) is 10.6 Å². The molecule has 0 aliphatic carbocycles. The van der Waals surface area contributed by atoms with Gasteiger partial charge in [0.1, 0.15) is 24.0 Å². The topological polar surface area (TPSA) is 47.5 Å². The number of benzene rings is 1. The fraction of sp³-hybridized carbons (Fsp3) is 0.444. The van der Waals surface area contributed by atoms with Crippen LogP contribution >= 0.6 is 15.9 Å². The summed E-state index contributed by atoms with van der Waals surface area (Å²) in [6.45, 7) is 4.03. The second kappa shape index (κ2) is 7.94. The second-order valence-electron chi connectivity index (χ2n) is 5.99. The van der Waals surface area contributed by atoms with Crippen LogP contribution in [0.25, 0.3) is 0 Å². The van der Waals surface area contributed by atoms with E-state index in [9.17, 15) is 0 Å². The van der Waals surface area contributed by atoms with E-state index in [0.717, 1.165) is 46.9 Å². The highest BCUT2D eigenvalue weighted by molar-refractivity contribution is 9.10. The lowest BCUT2D eigenvalue weighted by molar-refractivity contribution is 0.0673. The molecule has 0 bridgehead atoms. The smallest absolute Gasteiger partial charge is 0.138 e. The molecule has 5 nitrogen and oxygen atoms in total. The predicted octanol–water partition coefficient (Wildman–Crippen LogP) is 3.74. The Hall–Kier alpha value is -1.66. The third-order valence-corrected chi connectivity index (χ3v) is 4.67. The standard InChI is InChI=1S/C18H22BrN3O2/c1-13-20-9-8-17(21-13)22(2)11-14-5-3-7-16(19)18(14)24-12-15-6-4-10-23-15/h3,5,7-9,15H,4,6,10-12H2,1-2H3. The van der Waals surface area contributed by atoms with Crippen molar-refractivity contribution in [2.45, 2.75) is 32.4 Å². The molecule has 0 spiro atoms. The Morgan fingerprint density at radius 3 is 3.00 bits per heavy atom. The minimum absolute atomic E-state index is 0.201. The zero-order valence-electron chi connectivity index (χ0n) is 14.0. The van der Waals surface area contributed by atoms with Crippen LogP contribution in [-0.4, -0.2) is 36.3 Å². The maximum absolute atomic E-state index is 6.08. The molecule has 0 N–H and O–H groups in total. The number of nitrogens with zero attached hydrogens (tertiary/aromatic N) is 3. The van der Waals surface area contributed by atoms with Gasteiger partial charge in [-0.15, -0.1) is 0 Å². The molecule has 1 aromatic carbocycles. The van der Waals surface area contributed by atoms with E-state index in [2.05, 4.69) is 36.9 Å². The highest BCUT2D eigenvalue weighted by Gasteiger charge is 2.18. The molecule has 24 heavy (non-hydrogen) atoms. The van der Waals surface area contributed by atoms with Crippen molar-refractivity contribution in [1.29, 1.82) is 0 Å². The molecule has 1 aromatic heterocycles. The van der Waals surface area contributed by atoms with Crippen molar-refractivity contribution in [3.8, 4) is 5.75 Å². The number of ether oxygens (including phenoxy) is 2. The van der Waals surface area contributed by atoms with Gasteiger partial charge in [-0.25, -0.2) is 9.97 Å². The number of para-hydroxylation sites is 1. The summed E-state index contributed by atoms with van der Waals surface area (Å²) >= 11 is 3.60. The van der Waals surface area contributed by atoms with Crippen LogP contribution in [-0.2, 0) is 11.3 Å². The summed E-state index contributed by atoms with van der Waals surface area (Å²) in [6, 6.07) is 8.03. The zero-order valence-corrected chi connectivity index (χ0v) is 15.6. The maximum Gasteiger partial charge on any atom is 0.138 e. The molecule has 1 saturated heterocycles. The molecule has 2 aromatic rings. The fourth-order valence-electron chi connectivity index (χ4n) is 2.78. The van der Waals surface area contributed by atoms with Crippen LogP contribution in [0.1, 0.15) is 24.2 Å². The quantitative estimate of drug-likeness (QED) is 0.750. The van der Waals surface area contributed by atoms with Gasteiger partial charge in [0.15, 0.2) is 0 Å². The van der Waals surface area contributed by atoms with Crippen molar-refractivity contribution in [1.82, 2.24) is 9.97 Å². The molecule has 0 saturated carbocycles. The Balaban J connectivity index is 1.73. The third-order valence-electron chi connectivity index (χ3n) is 4.05. The predicted molar refractivity (Wildman–Crippen MR) is 97.5 cm³/mol. The first-order valence-electron chi connectivity index (χ1n) is 8.16. The lowest BCUT2D eigenvalue weighted by atomic mass is 10.2. The first-order chi connectivity index (χ1) is 11.6. The van der Waals surface area contributed by atoms with Crippen LogP contribution in [0.3, 0.4) is 0 Å². The van der Waals surface area contributed by atoms with Gasteiger partial charge in [0, 0.05) is 32.0 Å². The molecule has 3 rings (SSSR count). The number of hydrogen-bond donors (Lipinski definition) is 0. The van der Waals surface area contributed by atoms with E-state index in [1.807, 2.05) is 32.2 Å². The monoisotopic (exact) mass is 391 g/mol. The molecule has 1 aliphatic heterocycles. The van der Waals surface area contributed by atoms with E-state index < -0.39 is 0 Å². The molecule has 128 valence electrons. The third kappa shape index (κ3) is 4.24. The van der Waals surface area contributed by atoms with Crippen LogP contribution in [0.15, 0.2) is 34.9 Å². The maximum atomic E-state index is 6.08. The number of halogens is 1. The molecule has 1 fully saturated rings. The minimum Gasteiger partial charge on any atom is -0.489 e. The number of rotatable bonds is 6.